The molecule has 2 aromatic rings. The number of nitrogens with one attached hydrogen (secondary N) is 1. The molecule has 0 spiro atoms. The first-order valence-corrected chi connectivity index (χ1v) is 11.7. The fourth-order valence-corrected chi connectivity index (χ4v) is 5.14. The molecule has 0 bridgehead atoms. The van der Waals surface area contributed by atoms with Crippen molar-refractivity contribution in [2.24, 2.45) is 0 Å². The number of fused-ring (bicyclic) bond motifs is 1. The van der Waals surface area contributed by atoms with Gasteiger partial charge in [-0.2, -0.15) is 0 Å². The molecule has 0 radical (unpaired) electrons. The summed E-state index contributed by atoms with van der Waals surface area (Å²) in [7, 11) is 0. The lowest BCUT2D eigenvalue weighted by atomic mass is 10.1. The first kappa shape index (κ1) is 22.2. The third kappa shape index (κ3) is 4.08. The summed E-state index contributed by atoms with van der Waals surface area (Å²) < 4.78 is 0.465. The van der Waals surface area contributed by atoms with Gasteiger partial charge < -0.3 is 5.32 Å². The summed E-state index contributed by atoms with van der Waals surface area (Å²) in [6, 6.07) is 14.7. The predicted molar refractivity (Wildman–Crippen MR) is 132 cm³/mol. The number of carbonyl (C=O) groups is 3. The Balaban J connectivity index is 1.64. The highest BCUT2D eigenvalue weighted by Gasteiger charge is 2.42. The number of benzene rings is 2. The molecule has 0 saturated carbocycles. The lowest BCUT2D eigenvalue weighted by molar-refractivity contribution is -0.122. The molecule has 6 nitrogen and oxygen atoms in total. The molecule has 1 saturated heterocycles. The predicted octanol–water partition coefficient (Wildman–Crippen LogP) is 4.35. The van der Waals surface area contributed by atoms with E-state index in [1.807, 2.05) is 50.2 Å². The Morgan fingerprint density at radius 1 is 1.03 bits per heavy atom. The SMILES string of the molecule is CCCCN1C(=O)/C(=C2/C(=O)N(CC(=O)Nc3ccccc3C)c3ccccc32)SC1=S. The van der Waals surface area contributed by atoms with Crippen molar-refractivity contribution in [3.63, 3.8) is 0 Å². The van der Waals surface area contributed by atoms with Crippen LogP contribution in [-0.2, 0) is 14.4 Å². The smallest absolute Gasteiger partial charge is 0.267 e. The summed E-state index contributed by atoms with van der Waals surface area (Å²) in [6.07, 6.45) is 1.78. The first-order valence-electron chi connectivity index (χ1n) is 10.5. The van der Waals surface area contributed by atoms with Crippen molar-refractivity contribution in [2.75, 3.05) is 23.3 Å². The molecule has 1 fully saturated rings. The molecule has 2 aromatic carbocycles. The Bertz CT molecular complexity index is 1160. The minimum atomic E-state index is -0.359. The van der Waals surface area contributed by atoms with E-state index >= 15 is 0 Å². The maximum absolute atomic E-state index is 13.4. The number of aryl methyl sites for hydroxylation is 1. The van der Waals surface area contributed by atoms with Crippen molar-refractivity contribution in [3.8, 4) is 0 Å². The molecule has 3 amide bonds. The largest absolute Gasteiger partial charge is 0.324 e. The molecule has 4 rings (SSSR count). The fourth-order valence-electron chi connectivity index (χ4n) is 3.76. The molecule has 0 aromatic heterocycles. The topological polar surface area (TPSA) is 69.7 Å². The summed E-state index contributed by atoms with van der Waals surface area (Å²) in [5.74, 6) is -0.904. The zero-order valence-corrected chi connectivity index (χ0v) is 19.5. The van der Waals surface area contributed by atoms with Gasteiger partial charge in [-0.25, -0.2) is 0 Å². The van der Waals surface area contributed by atoms with Crippen molar-refractivity contribution >= 4 is 63.0 Å². The molecule has 0 aliphatic carbocycles. The lowest BCUT2D eigenvalue weighted by Gasteiger charge is -2.17. The Morgan fingerprint density at radius 3 is 2.50 bits per heavy atom. The van der Waals surface area contributed by atoms with Crippen molar-refractivity contribution in [2.45, 2.75) is 26.7 Å². The number of rotatable bonds is 6. The number of hydrogen-bond donors (Lipinski definition) is 1. The zero-order valence-electron chi connectivity index (χ0n) is 17.9. The van der Waals surface area contributed by atoms with Gasteiger partial charge in [0.2, 0.25) is 5.91 Å². The second-order valence-corrected chi connectivity index (χ2v) is 9.30. The summed E-state index contributed by atoms with van der Waals surface area (Å²) >= 11 is 6.57. The van der Waals surface area contributed by atoms with Crippen LogP contribution in [0.5, 0.6) is 0 Å². The van der Waals surface area contributed by atoms with Crippen molar-refractivity contribution in [1.82, 2.24) is 4.90 Å². The maximum atomic E-state index is 13.4. The molecule has 164 valence electrons. The van der Waals surface area contributed by atoms with Gasteiger partial charge in [-0.05, 0) is 31.0 Å². The van der Waals surface area contributed by atoms with E-state index in [9.17, 15) is 14.4 Å². The number of nitrogens with zero attached hydrogens (tertiary/aromatic N) is 2. The monoisotopic (exact) mass is 465 g/mol. The van der Waals surface area contributed by atoms with Crippen LogP contribution in [0.4, 0.5) is 11.4 Å². The Kier molecular flexibility index (Phi) is 6.43. The average molecular weight is 466 g/mol. The highest BCUT2D eigenvalue weighted by molar-refractivity contribution is 8.26. The maximum Gasteiger partial charge on any atom is 0.267 e. The van der Waals surface area contributed by atoms with Crippen LogP contribution in [-0.4, -0.2) is 40.0 Å². The van der Waals surface area contributed by atoms with Crippen LogP contribution in [0.2, 0.25) is 0 Å². The molecule has 0 atom stereocenters. The van der Waals surface area contributed by atoms with Crippen LogP contribution in [0.3, 0.4) is 0 Å². The summed E-state index contributed by atoms with van der Waals surface area (Å²) in [5.41, 5.74) is 3.23. The van der Waals surface area contributed by atoms with Gasteiger partial charge in [0, 0.05) is 17.8 Å². The average Bonchev–Trinajstić information content (AvgIpc) is 3.20. The van der Waals surface area contributed by atoms with E-state index in [1.54, 1.807) is 17.0 Å². The summed E-state index contributed by atoms with van der Waals surface area (Å²) in [6.45, 7) is 4.34. The van der Waals surface area contributed by atoms with Gasteiger partial charge in [-0.15, -0.1) is 0 Å². The molecule has 8 heteroatoms. The van der Waals surface area contributed by atoms with Gasteiger partial charge in [0.1, 0.15) is 10.9 Å². The highest BCUT2D eigenvalue weighted by Crippen LogP contribution is 2.44. The molecular weight excluding hydrogens is 442 g/mol. The Morgan fingerprint density at radius 2 is 1.75 bits per heavy atom. The van der Waals surface area contributed by atoms with Gasteiger partial charge in [0.25, 0.3) is 11.8 Å². The number of carbonyl (C=O) groups excluding carboxylic acids is 3. The van der Waals surface area contributed by atoms with E-state index in [0.29, 0.717) is 38.3 Å². The van der Waals surface area contributed by atoms with E-state index in [4.69, 9.17) is 12.2 Å². The third-order valence-electron chi connectivity index (χ3n) is 5.46. The van der Waals surface area contributed by atoms with Gasteiger partial charge in [0.15, 0.2) is 0 Å². The molecular formula is C24H23N3O3S2. The van der Waals surface area contributed by atoms with Crippen LogP contribution in [0.15, 0.2) is 53.4 Å². The van der Waals surface area contributed by atoms with Crippen LogP contribution in [0.1, 0.15) is 30.9 Å². The van der Waals surface area contributed by atoms with Gasteiger partial charge in [-0.1, -0.05) is 73.7 Å². The van der Waals surface area contributed by atoms with E-state index in [1.165, 1.54) is 4.90 Å². The molecule has 32 heavy (non-hydrogen) atoms. The minimum absolute atomic E-state index is 0.149. The number of thiocarbonyl (C=S) groups is 1. The molecule has 0 unspecified atom stereocenters. The Labute approximate surface area is 196 Å². The summed E-state index contributed by atoms with van der Waals surface area (Å²) in [5, 5.41) is 2.87. The van der Waals surface area contributed by atoms with E-state index in [0.717, 1.165) is 30.2 Å². The normalized spacial score (nSPS) is 17.9. The van der Waals surface area contributed by atoms with Crippen molar-refractivity contribution in [3.05, 3.63) is 64.6 Å². The molecule has 2 aliphatic rings. The standard InChI is InChI=1S/C24H23N3O3S2/c1-3-4-13-26-23(30)21(32-24(26)31)20-16-10-6-8-12-18(16)27(22(20)29)14-19(28)25-17-11-7-5-9-15(17)2/h5-12H,3-4,13-14H2,1-2H3,(H,25,28)/b21-20-. The second-order valence-electron chi connectivity index (χ2n) is 7.65. The third-order valence-corrected chi connectivity index (χ3v) is 6.90. The van der Waals surface area contributed by atoms with Crippen molar-refractivity contribution < 1.29 is 14.4 Å². The quantitative estimate of drug-likeness (QED) is 0.507. The number of unbranched alkanes of at least 4 members (excludes halogenated alkanes) is 1. The zero-order chi connectivity index (χ0) is 22.8. The summed E-state index contributed by atoms with van der Waals surface area (Å²) in [4.78, 5) is 42.6. The van der Waals surface area contributed by atoms with E-state index < -0.39 is 0 Å². The van der Waals surface area contributed by atoms with E-state index in [2.05, 4.69) is 5.32 Å². The number of thioether (sulfide) groups is 1. The molecule has 2 heterocycles. The van der Waals surface area contributed by atoms with Gasteiger partial charge in [-0.3, -0.25) is 24.2 Å². The van der Waals surface area contributed by atoms with Gasteiger partial charge >= 0.3 is 0 Å². The first-order chi connectivity index (χ1) is 15.4. The van der Waals surface area contributed by atoms with Gasteiger partial charge in [0.05, 0.1) is 16.2 Å². The lowest BCUT2D eigenvalue weighted by Crippen LogP contribution is -2.35. The van der Waals surface area contributed by atoms with Crippen molar-refractivity contribution in [1.29, 1.82) is 0 Å². The van der Waals surface area contributed by atoms with Crippen LogP contribution < -0.4 is 10.2 Å². The Hall–Kier alpha value is -2.97. The van der Waals surface area contributed by atoms with Crippen LogP contribution >= 0.6 is 24.0 Å². The number of hydrogen-bond acceptors (Lipinski definition) is 5. The number of amides is 3. The minimum Gasteiger partial charge on any atom is -0.324 e. The van der Waals surface area contributed by atoms with E-state index in [-0.39, 0.29) is 24.3 Å². The molecule has 1 N–H and O–H groups in total. The number of anilines is 2. The molecule has 2 aliphatic heterocycles. The fraction of sp³-hybridized carbons (Fsp3) is 0.250. The van der Waals surface area contributed by atoms with Crippen LogP contribution in [0.25, 0.3) is 5.57 Å². The second kappa shape index (κ2) is 9.26. The van der Waals surface area contributed by atoms with Crippen LogP contribution in [0, 0.1) is 6.92 Å². The highest BCUT2D eigenvalue weighted by atomic mass is 32.2. The number of para-hydroxylation sites is 2.